The van der Waals surface area contributed by atoms with Gasteiger partial charge in [0.2, 0.25) is 5.89 Å². The molecular weight excluding hydrogens is 324 g/mol. The second kappa shape index (κ2) is 6.71. The van der Waals surface area contributed by atoms with Gasteiger partial charge in [-0.1, -0.05) is 35.5 Å². The van der Waals surface area contributed by atoms with E-state index in [2.05, 4.69) is 10.2 Å². The Hall–Kier alpha value is -1.53. The van der Waals surface area contributed by atoms with Gasteiger partial charge in [0.25, 0.3) is 5.22 Å². The average Bonchev–Trinajstić information content (AvgIpc) is 3.22. The van der Waals surface area contributed by atoms with Crippen molar-refractivity contribution in [1.29, 1.82) is 0 Å². The van der Waals surface area contributed by atoms with E-state index in [1.165, 1.54) is 24.6 Å². The molecule has 1 aliphatic rings. The van der Waals surface area contributed by atoms with Crippen LogP contribution in [0.4, 0.5) is 0 Å². The molecule has 0 amide bonds. The van der Waals surface area contributed by atoms with Gasteiger partial charge in [-0.3, -0.25) is 4.79 Å². The Morgan fingerprint density at radius 1 is 1.41 bits per heavy atom. The van der Waals surface area contributed by atoms with Gasteiger partial charge in [0.05, 0.1) is 10.6 Å². The molecule has 1 fully saturated rings. The number of nitrogens with zero attached hydrogens (tertiary/aromatic N) is 2. The number of hydrogen-bond donors (Lipinski definition) is 1. The van der Waals surface area contributed by atoms with E-state index >= 15 is 0 Å². The molecule has 1 aromatic carbocycles. The van der Waals surface area contributed by atoms with Gasteiger partial charge in [-0.25, -0.2) is 0 Å². The first-order valence-electron chi connectivity index (χ1n) is 7.12. The zero-order valence-corrected chi connectivity index (χ0v) is 13.4. The van der Waals surface area contributed by atoms with Gasteiger partial charge in [-0.2, -0.15) is 0 Å². The van der Waals surface area contributed by atoms with Gasteiger partial charge in [0.1, 0.15) is 0 Å². The highest BCUT2D eigenvalue weighted by Gasteiger charge is 2.27. The van der Waals surface area contributed by atoms with Crippen molar-refractivity contribution in [2.75, 3.05) is 5.75 Å². The van der Waals surface area contributed by atoms with Crippen molar-refractivity contribution in [2.45, 2.75) is 36.8 Å². The zero-order valence-electron chi connectivity index (χ0n) is 11.8. The minimum absolute atomic E-state index is 0.142. The summed E-state index contributed by atoms with van der Waals surface area (Å²) >= 11 is 7.81. The number of rotatable bonds is 7. The van der Waals surface area contributed by atoms with Crippen LogP contribution in [0.5, 0.6) is 0 Å². The Bertz CT molecular complexity index is 685. The summed E-state index contributed by atoms with van der Waals surface area (Å²) in [6, 6.07) is 5.88. The molecule has 1 saturated carbocycles. The van der Waals surface area contributed by atoms with Gasteiger partial charge < -0.3 is 9.52 Å². The van der Waals surface area contributed by atoms with Crippen LogP contribution in [0.2, 0.25) is 5.02 Å². The lowest BCUT2D eigenvalue weighted by molar-refractivity contribution is -0.137. The molecule has 0 bridgehead atoms. The molecule has 116 valence electrons. The monoisotopic (exact) mass is 338 g/mol. The lowest BCUT2D eigenvalue weighted by atomic mass is 10.1. The molecule has 0 aliphatic heterocycles. The minimum Gasteiger partial charge on any atom is -0.481 e. The van der Waals surface area contributed by atoms with Crippen LogP contribution in [0.1, 0.15) is 37.2 Å². The number of carbonyl (C=O) groups is 1. The number of hydrogen-bond acceptors (Lipinski definition) is 5. The van der Waals surface area contributed by atoms with Crippen LogP contribution in [0, 0.1) is 0 Å². The summed E-state index contributed by atoms with van der Waals surface area (Å²) in [5.41, 5.74) is 1.91. The van der Waals surface area contributed by atoms with Crippen molar-refractivity contribution in [3.05, 3.63) is 28.8 Å². The van der Waals surface area contributed by atoms with Crippen LogP contribution in [-0.4, -0.2) is 27.0 Å². The summed E-state index contributed by atoms with van der Waals surface area (Å²) in [6.45, 7) is 0. The van der Waals surface area contributed by atoms with Crippen LogP contribution < -0.4 is 0 Å². The van der Waals surface area contributed by atoms with Crippen LogP contribution in [0.25, 0.3) is 11.5 Å². The average molecular weight is 339 g/mol. The second-order valence-corrected chi connectivity index (χ2v) is 6.63. The first-order chi connectivity index (χ1) is 10.6. The Morgan fingerprint density at radius 2 is 2.23 bits per heavy atom. The van der Waals surface area contributed by atoms with Crippen molar-refractivity contribution < 1.29 is 14.3 Å². The molecule has 1 heterocycles. The lowest BCUT2D eigenvalue weighted by Gasteiger charge is -2.05. The van der Waals surface area contributed by atoms with E-state index in [9.17, 15) is 4.79 Å². The van der Waals surface area contributed by atoms with Crippen LogP contribution >= 0.6 is 23.4 Å². The van der Waals surface area contributed by atoms with Gasteiger partial charge in [-0.05, 0) is 36.8 Å². The second-order valence-electron chi connectivity index (χ2n) is 5.20. The molecule has 0 spiro atoms. The van der Waals surface area contributed by atoms with Crippen molar-refractivity contribution in [1.82, 2.24) is 10.2 Å². The molecule has 1 aliphatic carbocycles. The van der Waals surface area contributed by atoms with E-state index in [-0.39, 0.29) is 6.42 Å². The van der Waals surface area contributed by atoms with Gasteiger partial charge >= 0.3 is 5.97 Å². The Morgan fingerprint density at radius 3 is 2.95 bits per heavy atom. The number of aromatic nitrogens is 2. The van der Waals surface area contributed by atoms with Gasteiger partial charge in [-0.15, -0.1) is 10.2 Å². The van der Waals surface area contributed by atoms with E-state index in [1.54, 1.807) is 0 Å². The predicted octanol–water partition coefficient (Wildman–Crippen LogP) is 4.22. The number of carboxylic acid groups (broad SMARTS) is 1. The highest BCUT2D eigenvalue weighted by atomic mass is 35.5. The normalized spacial score (nSPS) is 14.2. The summed E-state index contributed by atoms with van der Waals surface area (Å²) in [4.78, 5) is 10.5. The minimum atomic E-state index is -0.796. The van der Waals surface area contributed by atoms with E-state index in [0.29, 0.717) is 34.2 Å². The van der Waals surface area contributed by atoms with Crippen molar-refractivity contribution in [2.24, 2.45) is 0 Å². The molecule has 22 heavy (non-hydrogen) atoms. The number of thioether (sulfide) groups is 1. The lowest BCUT2D eigenvalue weighted by Crippen LogP contribution is -1.94. The summed E-state index contributed by atoms with van der Waals surface area (Å²) in [7, 11) is 0. The summed E-state index contributed by atoms with van der Waals surface area (Å²) < 4.78 is 5.62. The standard InChI is InChI=1S/C15H15ClN2O3S/c16-13-10(9-6-7-9)3-1-4-11(13)14-17-18-15(21-14)22-8-2-5-12(19)20/h1,3-4,9H,2,5-8H2,(H,19,20). The maximum absolute atomic E-state index is 10.5. The molecule has 2 aromatic rings. The number of halogens is 1. The number of benzene rings is 1. The molecule has 5 nitrogen and oxygen atoms in total. The molecule has 0 radical (unpaired) electrons. The highest BCUT2D eigenvalue weighted by molar-refractivity contribution is 7.99. The van der Waals surface area contributed by atoms with E-state index < -0.39 is 5.97 Å². The predicted molar refractivity (Wildman–Crippen MR) is 84.3 cm³/mol. The maximum atomic E-state index is 10.5. The molecule has 1 aromatic heterocycles. The number of carboxylic acids is 1. The van der Waals surface area contributed by atoms with Crippen molar-refractivity contribution in [3.63, 3.8) is 0 Å². The van der Waals surface area contributed by atoms with E-state index in [0.717, 1.165) is 11.1 Å². The molecule has 7 heteroatoms. The summed E-state index contributed by atoms with van der Waals surface area (Å²) in [5, 5.41) is 17.7. The Balaban J connectivity index is 1.68. The first kappa shape index (κ1) is 15.4. The van der Waals surface area contributed by atoms with Crippen molar-refractivity contribution >= 4 is 29.3 Å². The quantitative estimate of drug-likeness (QED) is 0.601. The molecule has 0 atom stereocenters. The Labute approximate surface area is 137 Å². The third-order valence-electron chi connectivity index (χ3n) is 3.44. The van der Waals surface area contributed by atoms with Crippen LogP contribution in [0.3, 0.4) is 0 Å². The molecule has 0 saturated heterocycles. The van der Waals surface area contributed by atoms with Gasteiger partial charge in [0.15, 0.2) is 0 Å². The van der Waals surface area contributed by atoms with E-state index in [1.807, 2.05) is 18.2 Å². The fourth-order valence-electron chi connectivity index (χ4n) is 2.18. The summed E-state index contributed by atoms with van der Waals surface area (Å²) in [6.07, 6.45) is 3.06. The van der Waals surface area contributed by atoms with Crippen LogP contribution in [-0.2, 0) is 4.79 Å². The molecule has 0 unspecified atom stereocenters. The smallest absolute Gasteiger partial charge is 0.303 e. The number of aliphatic carboxylic acids is 1. The fourth-order valence-corrected chi connectivity index (χ4v) is 3.25. The highest BCUT2D eigenvalue weighted by Crippen LogP contribution is 2.45. The van der Waals surface area contributed by atoms with Crippen molar-refractivity contribution in [3.8, 4) is 11.5 Å². The zero-order chi connectivity index (χ0) is 15.5. The Kier molecular flexibility index (Phi) is 4.69. The van der Waals surface area contributed by atoms with E-state index in [4.69, 9.17) is 21.1 Å². The topological polar surface area (TPSA) is 76.2 Å². The molecular formula is C15H15ClN2O3S. The summed E-state index contributed by atoms with van der Waals surface area (Å²) in [5.74, 6) is 0.799. The third-order valence-corrected chi connectivity index (χ3v) is 4.77. The largest absolute Gasteiger partial charge is 0.481 e. The molecule has 3 rings (SSSR count). The SMILES string of the molecule is O=C(O)CCCSc1nnc(-c2cccc(C3CC3)c2Cl)o1. The third kappa shape index (κ3) is 3.62. The maximum Gasteiger partial charge on any atom is 0.303 e. The van der Waals surface area contributed by atoms with Gasteiger partial charge in [0, 0.05) is 12.2 Å². The fraction of sp³-hybridized carbons (Fsp3) is 0.400. The first-order valence-corrected chi connectivity index (χ1v) is 8.48. The van der Waals surface area contributed by atoms with Crippen LogP contribution in [0.15, 0.2) is 27.8 Å². The molecule has 1 N–H and O–H groups in total.